The monoisotopic (exact) mass is 412 g/mol. The molecular formula is C25H28N6. The molecule has 6 heteroatoms. The normalized spacial score (nSPS) is 19.3. The standard InChI is InChI=1S/C25H28N6/c1-18-16-27-25(28-20-11-6-7-12-20)30-24(18)21(15-26)22-13-8-14-23(29-22)31(2)17-19-9-4-3-5-10-19/h3-5,8-10,13-14,16,20H,6-7,11-12,17H2,1-2H3,(H2,27,28,30)/b24-21+. The summed E-state index contributed by atoms with van der Waals surface area (Å²) in [7, 11) is 2.01. The number of pyridine rings is 1. The van der Waals surface area contributed by atoms with Crippen molar-refractivity contribution in [1.29, 1.82) is 5.26 Å². The molecule has 1 fully saturated rings. The van der Waals surface area contributed by atoms with Gasteiger partial charge in [0.2, 0.25) is 0 Å². The van der Waals surface area contributed by atoms with Crippen LogP contribution in [0.3, 0.4) is 0 Å². The molecule has 2 N–H and O–H groups in total. The molecule has 158 valence electrons. The number of nitriles is 1. The first kappa shape index (κ1) is 20.7. The molecule has 2 aromatic rings. The number of rotatable bonds is 5. The summed E-state index contributed by atoms with van der Waals surface area (Å²) in [5, 5.41) is 16.6. The third-order valence-corrected chi connectivity index (χ3v) is 5.71. The van der Waals surface area contributed by atoms with Gasteiger partial charge in [-0.15, -0.1) is 0 Å². The van der Waals surface area contributed by atoms with E-state index in [1.54, 1.807) is 0 Å². The molecular weight excluding hydrogens is 384 g/mol. The second-order valence-corrected chi connectivity index (χ2v) is 8.10. The van der Waals surface area contributed by atoms with Crippen LogP contribution < -0.4 is 15.5 Å². The van der Waals surface area contributed by atoms with Crippen LogP contribution in [0.2, 0.25) is 0 Å². The van der Waals surface area contributed by atoms with Gasteiger partial charge in [-0.3, -0.25) is 0 Å². The first-order chi connectivity index (χ1) is 15.1. The molecule has 0 atom stereocenters. The van der Waals surface area contributed by atoms with E-state index in [0.29, 0.717) is 23.3 Å². The van der Waals surface area contributed by atoms with E-state index in [2.05, 4.69) is 33.7 Å². The molecule has 0 amide bonds. The molecule has 1 aliphatic heterocycles. The van der Waals surface area contributed by atoms with E-state index in [-0.39, 0.29) is 0 Å². The van der Waals surface area contributed by atoms with E-state index in [1.165, 1.54) is 18.4 Å². The summed E-state index contributed by atoms with van der Waals surface area (Å²) in [5.74, 6) is 1.53. The van der Waals surface area contributed by atoms with Crippen molar-refractivity contribution < 1.29 is 0 Å². The minimum atomic E-state index is 0.349. The van der Waals surface area contributed by atoms with E-state index in [9.17, 15) is 5.26 Å². The van der Waals surface area contributed by atoms with Crippen LogP contribution in [-0.2, 0) is 6.54 Å². The Morgan fingerprint density at radius 3 is 2.68 bits per heavy atom. The van der Waals surface area contributed by atoms with Crippen molar-refractivity contribution in [3.63, 3.8) is 0 Å². The highest BCUT2D eigenvalue weighted by molar-refractivity contribution is 5.91. The molecule has 2 aliphatic rings. The molecule has 1 saturated carbocycles. The van der Waals surface area contributed by atoms with E-state index < -0.39 is 0 Å². The maximum absolute atomic E-state index is 10.00. The summed E-state index contributed by atoms with van der Waals surface area (Å²) in [6, 6.07) is 18.8. The number of aliphatic imine (C=N–C) groups is 1. The van der Waals surface area contributed by atoms with Crippen molar-refractivity contribution in [3.8, 4) is 6.07 Å². The Morgan fingerprint density at radius 2 is 1.94 bits per heavy atom. The Labute approximate surface area is 184 Å². The maximum Gasteiger partial charge on any atom is 0.200 e. The van der Waals surface area contributed by atoms with Crippen molar-refractivity contribution in [3.05, 3.63) is 77.3 Å². The summed E-state index contributed by atoms with van der Waals surface area (Å²) in [5.41, 5.74) is 4.09. The summed E-state index contributed by atoms with van der Waals surface area (Å²) < 4.78 is 0. The molecule has 31 heavy (non-hydrogen) atoms. The molecule has 0 bridgehead atoms. The third-order valence-electron chi connectivity index (χ3n) is 5.71. The van der Waals surface area contributed by atoms with Gasteiger partial charge in [-0.2, -0.15) is 5.26 Å². The summed E-state index contributed by atoms with van der Waals surface area (Å²) in [4.78, 5) is 11.7. The molecule has 1 aromatic carbocycles. The molecule has 0 saturated heterocycles. The minimum absolute atomic E-state index is 0.349. The van der Waals surface area contributed by atoms with Crippen LogP contribution in [0.25, 0.3) is 5.57 Å². The van der Waals surface area contributed by atoms with Crippen molar-refractivity contribution in [2.45, 2.75) is 45.2 Å². The number of benzene rings is 1. The average Bonchev–Trinajstić information content (AvgIpc) is 3.30. The van der Waals surface area contributed by atoms with Gasteiger partial charge >= 0.3 is 0 Å². The number of guanidine groups is 1. The first-order valence-electron chi connectivity index (χ1n) is 10.8. The largest absolute Gasteiger partial charge is 0.355 e. The summed E-state index contributed by atoms with van der Waals surface area (Å²) >= 11 is 0. The van der Waals surface area contributed by atoms with Crippen molar-refractivity contribution in [2.24, 2.45) is 4.99 Å². The lowest BCUT2D eigenvalue weighted by Gasteiger charge is -2.23. The zero-order chi connectivity index (χ0) is 21.6. The summed E-state index contributed by atoms with van der Waals surface area (Å²) in [6.45, 7) is 2.72. The van der Waals surface area contributed by atoms with Gasteiger partial charge in [-0.25, -0.2) is 9.98 Å². The summed E-state index contributed by atoms with van der Waals surface area (Å²) in [6.07, 6.45) is 6.61. The Balaban J connectivity index is 1.61. The molecule has 0 spiro atoms. The second-order valence-electron chi connectivity index (χ2n) is 8.10. The van der Waals surface area contributed by atoms with E-state index in [1.807, 2.05) is 56.6 Å². The number of nitrogens with zero attached hydrogens (tertiary/aromatic N) is 4. The number of anilines is 1. The zero-order valence-electron chi connectivity index (χ0n) is 18.1. The highest BCUT2D eigenvalue weighted by Gasteiger charge is 2.20. The lowest BCUT2D eigenvalue weighted by molar-refractivity contribution is 0.696. The maximum atomic E-state index is 10.00. The van der Waals surface area contributed by atoms with Gasteiger partial charge in [-0.1, -0.05) is 49.2 Å². The molecule has 6 nitrogen and oxygen atoms in total. The SMILES string of the molecule is CC1=CNC(=NC2CCCC2)N/C1=C(\C#N)c1cccc(N(C)Cc2ccccc2)n1. The first-order valence-corrected chi connectivity index (χ1v) is 10.8. The number of aromatic nitrogens is 1. The van der Waals surface area contributed by atoms with Crippen LogP contribution in [0, 0.1) is 11.3 Å². The molecule has 2 heterocycles. The fourth-order valence-electron chi connectivity index (χ4n) is 4.00. The van der Waals surface area contributed by atoms with Gasteiger partial charge in [0.25, 0.3) is 0 Å². The smallest absolute Gasteiger partial charge is 0.200 e. The number of hydrogen-bond donors (Lipinski definition) is 2. The van der Waals surface area contributed by atoms with Crippen LogP contribution in [0.5, 0.6) is 0 Å². The van der Waals surface area contributed by atoms with Gasteiger partial charge in [0.05, 0.1) is 17.4 Å². The number of hydrogen-bond acceptors (Lipinski definition) is 4. The van der Waals surface area contributed by atoms with Gasteiger partial charge in [-0.05, 0) is 43.0 Å². The van der Waals surface area contributed by atoms with Crippen molar-refractivity contribution in [2.75, 3.05) is 11.9 Å². The van der Waals surface area contributed by atoms with Gasteiger partial charge < -0.3 is 15.5 Å². The fourth-order valence-corrected chi connectivity index (χ4v) is 4.00. The predicted molar refractivity (Wildman–Crippen MR) is 125 cm³/mol. The number of nitrogens with one attached hydrogen (secondary N) is 2. The lowest BCUT2D eigenvalue weighted by Crippen LogP contribution is -2.39. The highest BCUT2D eigenvalue weighted by atomic mass is 15.2. The van der Waals surface area contributed by atoms with Crippen molar-refractivity contribution >= 4 is 17.4 Å². The Bertz CT molecular complexity index is 1050. The highest BCUT2D eigenvalue weighted by Crippen LogP contribution is 2.25. The minimum Gasteiger partial charge on any atom is -0.355 e. The van der Waals surface area contributed by atoms with Crippen LogP contribution in [0.1, 0.15) is 43.9 Å². The van der Waals surface area contributed by atoms with Gasteiger partial charge in [0.1, 0.15) is 17.5 Å². The fraction of sp³-hybridized carbons (Fsp3) is 0.320. The Hall–Kier alpha value is -3.59. The van der Waals surface area contributed by atoms with Crippen molar-refractivity contribution in [1.82, 2.24) is 15.6 Å². The van der Waals surface area contributed by atoms with E-state index >= 15 is 0 Å². The second kappa shape index (κ2) is 9.48. The third kappa shape index (κ3) is 4.95. The molecule has 0 radical (unpaired) electrons. The quantitative estimate of drug-likeness (QED) is 0.714. The van der Waals surface area contributed by atoms with E-state index in [4.69, 9.17) is 9.98 Å². The van der Waals surface area contributed by atoms with Gasteiger partial charge in [0.15, 0.2) is 5.96 Å². The Kier molecular flexibility index (Phi) is 6.32. The topological polar surface area (TPSA) is 76.3 Å². The Morgan fingerprint density at radius 1 is 1.16 bits per heavy atom. The average molecular weight is 413 g/mol. The van der Waals surface area contributed by atoms with Crippen LogP contribution in [0.4, 0.5) is 5.82 Å². The van der Waals surface area contributed by atoms with Crippen LogP contribution in [0.15, 0.2) is 71.0 Å². The zero-order valence-corrected chi connectivity index (χ0v) is 18.1. The van der Waals surface area contributed by atoms with E-state index in [0.717, 1.165) is 36.5 Å². The van der Waals surface area contributed by atoms with Crippen LogP contribution >= 0.6 is 0 Å². The van der Waals surface area contributed by atoms with Crippen LogP contribution in [-0.4, -0.2) is 24.0 Å². The lowest BCUT2D eigenvalue weighted by atomic mass is 10.0. The number of allylic oxidation sites excluding steroid dienone is 2. The molecule has 1 aromatic heterocycles. The predicted octanol–water partition coefficient (Wildman–Crippen LogP) is 4.35. The molecule has 1 aliphatic carbocycles. The molecule has 4 rings (SSSR count). The van der Waals surface area contributed by atoms with Gasteiger partial charge in [0, 0.05) is 19.8 Å². The molecule has 0 unspecified atom stereocenters.